The summed E-state index contributed by atoms with van der Waals surface area (Å²) in [5.41, 5.74) is -0.994. The van der Waals surface area contributed by atoms with E-state index in [0.29, 0.717) is 0 Å². The largest absolute Gasteiger partial charge is 0.465 e. The van der Waals surface area contributed by atoms with Crippen LogP contribution in [0.4, 0.5) is 0 Å². The molecule has 1 heterocycles. The standard InChI is InChI=1S/C23H34O6/c1-12(2)23(8-6-7-9-23)29-20(25)16-13-10-14-17(16)19(24)28-18(14)15(13)11-27-21(26)22(3,4)5/h12-18H,6-11H2,1-5H3. The fourth-order valence-electron chi connectivity index (χ4n) is 6.16. The maximum Gasteiger partial charge on any atom is 0.311 e. The van der Waals surface area contributed by atoms with E-state index in [2.05, 4.69) is 13.8 Å². The summed E-state index contributed by atoms with van der Waals surface area (Å²) in [5.74, 6) is -1.51. The van der Waals surface area contributed by atoms with Gasteiger partial charge in [-0.15, -0.1) is 0 Å². The molecule has 6 heteroatoms. The van der Waals surface area contributed by atoms with Crippen LogP contribution in [0.25, 0.3) is 0 Å². The number of ether oxygens (including phenoxy) is 3. The molecule has 1 saturated heterocycles. The Morgan fingerprint density at radius 1 is 1.17 bits per heavy atom. The number of carbonyl (C=O) groups is 3. The third-order valence-corrected chi connectivity index (χ3v) is 7.87. The van der Waals surface area contributed by atoms with Gasteiger partial charge < -0.3 is 14.2 Å². The van der Waals surface area contributed by atoms with Gasteiger partial charge in [0.1, 0.15) is 11.7 Å². The minimum absolute atomic E-state index is 0.0210. The van der Waals surface area contributed by atoms with Crippen molar-refractivity contribution in [2.75, 3.05) is 6.61 Å². The van der Waals surface area contributed by atoms with Gasteiger partial charge in [-0.1, -0.05) is 13.8 Å². The van der Waals surface area contributed by atoms with Crippen LogP contribution >= 0.6 is 0 Å². The molecule has 0 N–H and O–H groups in total. The summed E-state index contributed by atoms with van der Waals surface area (Å²) in [4.78, 5) is 38.1. The van der Waals surface area contributed by atoms with E-state index in [9.17, 15) is 14.4 Å². The fourth-order valence-corrected chi connectivity index (χ4v) is 6.16. The Hall–Kier alpha value is -1.59. The molecule has 0 aromatic heterocycles. The Morgan fingerprint density at radius 3 is 2.41 bits per heavy atom. The Kier molecular flexibility index (Phi) is 4.98. The lowest BCUT2D eigenvalue weighted by atomic mass is 9.74. The summed E-state index contributed by atoms with van der Waals surface area (Å²) < 4.78 is 17.4. The monoisotopic (exact) mass is 406 g/mol. The lowest BCUT2D eigenvalue weighted by Crippen LogP contribution is -2.45. The van der Waals surface area contributed by atoms with Crippen molar-refractivity contribution < 1.29 is 28.6 Å². The van der Waals surface area contributed by atoms with Crippen LogP contribution in [-0.4, -0.2) is 36.2 Å². The molecular formula is C23H34O6. The van der Waals surface area contributed by atoms with Gasteiger partial charge in [-0.25, -0.2) is 0 Å². The number of rotatable bonds is 5. The third kappa shape index (κ3) is 3.27. The fraction of sp³-hybridized carbons (Fsp3) is 0.870. The average molecular weight is 407 g/mol. The molecule has 4 rings (SSSR count). The van der Waals surface area contributed by atoms with Gasteiger partial charge >= 0.3 is 17.9 Å². The zero-order valence-electron chi connectivity index (χ0n) is 18.2. The van der Waals surface area contributed by atoms with Gasteiger partial charge in [-0.3, -0.25) is 14.4 Å². The lowest BCUT2D eigenvalue weighted by molar-refractivity contribution is -0.175. The number of esters is 3. The van der Waals surface area contributed by atoms with Crippen LogP contribution in [0.5, 0.6) is 0 Å². The Bertz CT molecular complexity index is 699. The summed E-state index contributed by atoms with van der Waals surface area (Å²) in [6.45, 7) is 9.85. The average Bonchev–Trinajstić information content (AvgIpc) is 3.35. The van der Waals surface area contributed by atoms with Crippen molar-refractivity contribution in [2.24, 2.45) is 40.9 Å². The molecule has 0 amide bonds. The molecule has 1 aliphatic heterocycles. The summed E-state index contributed by atoms with van der Waals surface area (Å²) in [5, 5.41) is 0. The van der Waals surface area contributed by atoms with Gasteiger partial charge in [-0.2, -0.15) is 0 Å². The van der Waals surface area contributed by atoms with Gasteiger partial charge in [0.05, 0.1) is 23.9 Å². The van der Waals surface area contributed by atoms with Gasteiger partial charge in [0.25, 0.3) is 0 Å². The Balaban J connectivity index is 1.51. The Labute approximate surface area is 173 Å². The van der Waals surface area contributed by atoms with E-state index in [4.69, 9.17) is 14.2 Å². The van der Waals surface area contributed by atoms with Crippen LogP contribution in [0.2, 0.25) is 0 Å². The molecule has 29 heavy (non-hydrogen) atoms. The molecule has 2 bridgehead atoms. The van der Waals surface area contributed by atoms with Gasteiger partial charge in [-0.05, 0) is 64.7 Å². The second-order valence-corrected chi connectivity index (χ2v) is 10.9. The van der Waals surface area contributed by atoms with Crippen molar-refractivity contribution in [3.8, 4) is 0 Å². The topological polar surface area (TPSA) is 78.9 Å². The van der Waals surface area contributed by atoms with E-state index >= 15 is 0 Å². The summed E-state index contributed by atoms with van der Waals surface area (Å²) in [7, 11) is 0. The predicted molar refractivity (Wildman–Crippen MR) is 104 cm³/mol. The van der Waals surface area contributed by atoms with Crippen LogP contribution < -0.4 is 0 Å². The SMILES string of the molecule is CC(C)C1(OC(=O)C2C3CC4C(OC(=O)C42)C3COC(=O)C(C)(C)C)CCCC1. The van der Waals surface area contributed by atoms with Crippen molar-refractivity contribution in [3.63, 3.8) is 0 Å². The molecule has 6 nitrogen and oxygen atoms in total. The number of hydrogen-bond donors (Lipinski definition) is 0. The van der Waals surface area contributed by atoms with Crippen molar-refractivity contribution in [1.29, 1.82) is 0 Å². The van der Waals surface area contributed by atoms with Gasteiger partial charge in [0, 0.05) is 11.8 Å². The third-order valence-electron chi connectivity index (χ3n) is 7.87. The number of fused-ring (bicyclic) bond motifs is 1. The van der Waals surface area contributed by atoms with Crippen LogP contribution in [0.3, 0.4) is 0 Å². The van der Waals surface area contributed by atoms with E-state index in [0.717, 1.165) is 32.1 Å². The Morgan fingerprint density at radius 2 is 1.83 bits per heavy atom. The van der Waals surface area contributed by atoms with Crippen molar-refractivity contribution >= 4 is 17.9 Å². The lowest BCUT2D eigenvalue weighted by Gasteiger charge is -2.37. The zero-order chi connectivity index (χ0) is 21.1. The van der Waals surface area contributed by atoms with Crippen LogP contribution in [0, 0.1) is 40.9 Å². The highest BCUT2D eigenvalue weighted by Crippen LogP contribution is 2.61. The summed E-state index contributed by atoms with van der Waals surface area (Å²) in [6, 6.07) is 0. The number of hydrogen-bond acceptors (Lipinski definition) is 6. The summed E-state index contributed by atoms with van der Waals surface area (Å²) in [6.07, 6.45) is 4.46. The quantitative estimate of drug-likeness (QED) is 0.513. The molecule has 6 atom stereocenters. The first kappa shape index (κ1) is 20.7. The van der Waals surface area contributed by atoms with E-state index < -0.39 is 22.9 Å². The van der Waals surface area contributed by atoms with Crippen molar-refractivity contribution in [2.45, 2.75) is 78.4 Å². The van der Waals surface area contributed by atoms with E-state index in [1.807, 2.05) is 20.8 Å². The smallest absolute Gasteiger partial charge is 0.311 e. The number of carbonyl (C=O) groups excluding carboxylic acids is 3. The maximum absolute atomic E-state index is 13.3. The van der Waals surface area contributed by atoms with E-state index in [1.54, 1.807) is 0 Å². The molecular weight excluding hydrogens is 372 g/mol. The van der Waals surface area contributed by atoms with Gasteiger partial charge in [0.15, 0.2) is 0 Å². The van der Waals surface area contributed by atoms with Crippen LogP contribution in [0.15, 0.2) is 0 Å². The van der Waals surface area contributed by atoms with E-state index in [-0.39, 0.29) is 54.3 Å². The molecule has 0 aromatic carbocycles. The van der Waals surface area contributed by atoms with Crippen LogP contribution in [0.1, 0.15) is 66.7 Å². The van der Waals surface area contributed by atoms with E-state index in [1.165, 1.54) is 0 Å². The van der Waals surface area contributed by atoms with Crippen molar-refractivity contribution in [1.82, 2.24) is 0 Å². The molecule has 0 radical (unpaired) electrons. The van der Waals surface area contributed by atoms with Crippen molar-refractivity contribution in [3.05, 3.63) is 0 Å². The second-order valence-electron chi connectivity index (χ2n) is 10.9. The molecule has 3 aliphatic carbocycles. The second kappa shape index (κ2) is 6.98. The molecule has 0 aromatic rings. The predicted octanol–water partition coefficient (Wildman–Crippen LogP) is 3.51. The molecule has 4 aliphatic rings. The molecule has 4 fully saturated rings. The molecule has 3 saturated carbocycles. The zero-order valence-corrected chi connectivity index (χ0v) is 18.2. The first-order chi connectivity index (χ1) is 13.5. The first-order valence-corrected chi connectivity index (χ1v) is 11.2. The molecule has 6 unspecified atom stereocenters. The van der Waals surface area contributed by atoms with Crippen LogP contribution in [-0.2, 0) is 28.6 Å². The maximum atomic E-state index is 13.3. The highest BCUT2D eigenvalue weighted by molar-refractivity contribution is 5.86. The summed E-state index contributed by atoms with van der Waals surface area (Å²) >= 11 is 0. The molecule has 162 valence electrons. The minimum Gasteiger partial charge on any atom is -0.465 e. The molecule has 0 spiro atoms. The first-order valence-electron chi connectivity index (χ1n) is 11.2. The van der Waals surface area contributed by atoms with Gasteiger partial charge in [0.2, 0.25) is 0 Å². The minimum atomic E-state index is -0.586. The highest BCUT2D eigenvalue weighted by atomic mass is 16.6. The highest BCUT2D eigenvalue weighted by Gasteiger charge is 2.69. The normalized spacial score (nSPS) is 37.1.